The van der Waals surface area contributed by atoms with Crippen LogP contribution < -0.4 is 10.9 Å². The molecule has 6 heteroatoms. The SMILES string of the molecule is CCCNC(=O)c1ccc(Cn2c(=O)c3cccn3c3cccnc32)cc1. The number of hydrogen-bond acceptors (Lipinski definition) is 3. The van der Waals surface area contributed by atoms with Crippen LogP contribution in [0.3, 0.4) is 0 Å². The predicted molar refractivity (Wildman–Crippen MR) is 105 cm³/mol. The highest BCUT2D eigenvalue weighted by molar-refractivity contribution is 5.94. The third-order valence-electron chi connectivity index (χ3n) is 4.59. The summed E-state index contributed by atoms with van der Waals surface area (Å²) >= 11 is 0. The molecule has 3 aromatic heterocycles. The molecule has 1 aromatic carbocycles. The Morgan fingerprint density at radius 3 is 2.63 bits per heavy atom. The minimum absolute atomic E-state index is 0.0812. The van der Waals surface area contributed by atoms with Crippen molar-refractivity contribution in [3.8, 4) is 0 Å². The Labute approximate surface area is 156 Å². The number of benzene rings is 1. The molecular weight excluding hydrogens is 340 g/mol. The Morgan fingerprint density at radius 2 is 1.85 bits per heavy atom. The molecule has 0 spiro atoms. The van der Waals surface area contributed by atoms with Gasteiger partial charge in [-0.15, -0.1) is 0 Å². The summed E-state index contributed by atoms with van der Waals surface area (Å²) in [6.45, 7) is 3.07. The zero-order chi connectivity index (χ0) is 18.8. The minimum atomic E-state index is -0.0871. The topological polar surface area (TPSA) is 68.4 Å². The molecule has 0 saturated heterocycles. The maximum Gasteiger partial charge on any atom is 0.276 e. The van der Waals surface area contributed by atoms with Crippen molar-refractivity contribution in [2.75, 3.05) is 6.54 Å². The average Bonchev–Trinajstić information content (AvgIpc) is 3.20. The lowest BCUT2D eigenvalue weighted by Gasteiger charge is -2.12. The van der Waals surface area contributed by atoms with Gasteiger partial charge in [-0.25, -0.2) is 4.98 Å². The second-order valence-corrected chi connectivity index (χ2v) is 6.45. The van der Waals surface area contributed by atoms with Gasteiger partial charge in [-0.2, -0.15) is 0 Å². The van der Waals surface area contributed by atoms with E-state index in [1.54, 1.807) is 22.9 Å². The maximum absolute atomic E-state index is 12.9. The highest BCUT2D eigenvalue weighted by Crippen LogP contribution is 2.14. The Morgan fingerprint density at radius 1 is 1.07 bits per heavy atom. The van der Waals surface area contributed by atoms with Gasteiger partial charge in [0.1, 0.15) is 5.52 Å². The van der Waals surface area contributed by atoms with Gasteiger partial charge in [0.25, 0.3) is 11.5 Å². The fourth-order valence-electron chi connectivity index (χ4n) is 3.22. The number of pyridine rings is 1. The number of hydrogen-bond donors (Lipinski definition) is 1. The van der Waals surface area contributed by atoms with E-state index in [1.807, 2.05) is 53.9 Å². The number of fused-ring (bicyclic) bond motifs is 3. The predicted octanol–water partition coefficient (Wildman–Crippen LogP) is 2.84. The van der Waals surface area contributed by atoms with Gasteiger partial charge in [-0.3, -0.25) is 14.2 Å². The normalized spacial score (nSPS) is 11.1. The number of carbonyl (C=O) groups excluding carboxylic acids is 1. The van der Waals surface area contributed by atoms with E-state index >= 15 is 0 Å². The van der Waals surface area contributed by atoms with Crippen molar-refractivity contribution in [3.63, 3.8) is 0 Å². The molecule has 0 aliphatic carbocycles. The van der Waals surface area contributed by atoms with Crippen LogP contribution in [0.15, 0.2) is 65.7 Å². The molecule has 1 N–H and O–H groups in total. The van der Waals surface area contributed by atoms with Crippen LogP contribution in [0.2, 0.25) is 0 Å². The molecule has 3 heterocycles. The van der Waals surface area contributed by atoms with Crippen molar-refractivity contribution in [1.29, 1.82) is 0 Å². The largest absolute Gasteiger partial charge is 0.352 e. The highest BCUT2D eigenvalue weighted by atomic mass is 16.1. The fourth-order valence-corrected chi connectivity index (χ4v) is 3.22. The third-order valence-corrected chi connectivity index (χ3v) is 4.59. The van der Waals surface area contributed by atoms with Crippen LogP contribution in [0.1, 0.15) is 29.3 Å². The first kappa shape index (κ1) is 17.0. The van der Waals surface area contributed by atoms with Crippen molar-refractivity contribution in [3.05, 3.63) is 82.4 Å². The molecular formula is C21H20N4O2. The van der Waals surface area contributed by atoms with Gasteiger partial charge in [-0.1, -0.05) is 19.1 Å². The molecule has 6 nitrogen and oxygen atoms in total. The number of rotatable bonds is 5. The Hall–Kier alpha value is -3.41. The van der Waals surface area contributed by atoms with Gasteiger partial charge >= 0.3 is 0 Å². The van der Waals surface area contributed by atoms with Crippen LogP contribution in [0, 0.1) is 0 Å². The molecule has 0 radical (unpaired) electrons. The zero-order valence-corrected chi connectivity index (χ0v) is 15.1. The van der Waals surface area contributed by atoms with Crippen molar-refractivity contribution < 1.29 is 4.79 Å². The number of amides is 1. The molecule has 0 atom stereocenters. The molecule has 4 aromatic rings. The van der Waals surface area contributed by atoms with Crippen LogP contribution in [-0.2, 0) is 6.54 Å². The van der Waals surface area contributed by atoms with Crippen molar-refractivity contribution >= 4 is 22.6 Å². The Bertz CT molecular complexity index is 1170. The molecule has 136 valence electrons. The highest BCUT2D eigenvalue weighted by Gasteiger charge is 2.12. The van der Waals surface area contributed by atoms with Gasteiger partial charge in [0.05, 0.1) is 12.1 Å². The molecule has 4 rings (SSSR count). The first-order chi connectivity index (χ1) is 13.2. The Balaban J connectivity index is 1.72. The van der Waals surface area contributed by atoms with E-state index in [-0.39, 0.29) is 11.5 Å². The van der Waals surface area contributed by atoms with Gasteiger partial charge in [0.2, 0.25) is 0 Å². The maximum atomic E-state index is 12.9. The lowest BCUT2D eigenvalue weighted by atomic mass is 10.1. The second-order valence-electron chi connectivity index (χ2n) is 6.45. The van der Waals surface area contributed by atoms with Gasteiger partial charge in [-0.05, 0) is 48.4 Å². The summed E-state index contributed by atoms with van der Waals surface area (Å²) < 4.78 is 3.54. The second kappa shape index (κ2) is 7.07. The average molecular weight is 360 g/mol. The smallest absolute Gasteiger partial charge is 0.276 e. The Kier molecular flexibility index (Phi) is 4.46. The summed E-state index contributed by atoms with van der Waals surface area (Å²) in [7, 11) is 0. The summed E-state index contributed by atoms with van der Waals surface area (Å²) in [6.07, 6.45) is 4.46. The standard InChI is InChI=1S/C21H20N4O2/c1-2-11-23-20(26)16-9-7-15(8-10-16)14-25-19-17(5-3-12-22-19)24-13-4-6-18(24)21(25)27/h3-10,12-13H,2,11,14H2,1H3,(H,23,26). The van der Waals surface area contributed by atoms with Crippen molar-refractivity contribution in [2.24, 2.45) is 0 Å². The minimum Gasteiger partial charge on any atom is -0.352 e. The molecule has 0 saturated carbocycles. The summed E-state index contributed by atoms with van der Waals surface area (Å²) in [6, 6.07) is 14.8. The van der Waals surface area contributed by atoms with Crippen molar-refractivity contribution in [2.45, 2.75) is 19.9 Å². The van der Waals surface area contributed by atoms with E-state index in [4.69, 9.17) is 0 Å². The lowest BCUT2D eigenvalue weighted by molar-refractivity contribution is 0.0953. The van der Waals surface area contributed by atoms with Crippen molar-refractivity contribution in [1.82, 2.24) is 19.3 Å². The molecule has 0 fully saturated rings. The van der Waals surface area contributed by atoms with Crippen LogP contribution in [0.25, 0.3) is 16.7 Å². The van der Waals surface area contributed by atoms with Crippen LogP contribution in [0.4, 0.5) is 0 Å². The van der Waals surface area contributed by atoms with E-state index in [0.717, 1.165) is 17.5 Å². The molecule has 1 amide bonds. The summed E-state index contributed by atoms with van der Waals surface area (Å²) in [5.41, 5.74) is 3.60. The zero-order valence-electron chi connectivity index (χ0n) is 15.1. The monoisotopic (exact) mass is 360 g/mol. The number of carbonyl (C=O) groups is 1. The number of nitrogens with one attached hydrogen (secondary N) is 1. The van der Waals surface area contributed by atoms with E-state index in [2.05, 4.69) is 10.3 Å². The van der Waals surface area contributed by atoms with E-state index in [9.17, 15) is 9.59 Å². The summed E-state index contributed by atoms with van der Waals surface area (Å²) in [5, 5.41) is 2.86. The van der Waals surface area contributed by atoms with Gasteiger partial charge in [0, 0.05) is 24.5 Å². The number of aromatic nitrogens is 3. The number of nitrogens with zero attached hydrogens (tertiary/aromatic N) is 3. The van der Waals surface area contributed by atoms with Crippen LogP contribution >= 0.6 is 0 Å². The molecule has 0 unspecified atom stereocenters. The first-order valence-corrected chi connectivity index (χ1v) is 9.01. The third kappa shape index (κ3) is 3.10. The quantitative estimate of drug-likeness (QED) is 0.595. The lowest BCUT2D eigenvalue weighted by Crippen LogP contribution is -2.25. The first-order valence-electron chi connectivity index (χ1n) is 9.01. The summed E-state index contributed by atoms with van der Waals surface area (Å²) in [5.74, 6) is -0.0812. The van der Waals surface area contributed by atoms with Crippen LogP contribution in [0.5, 0.6) is 0 Å². The fraction of sp³-hybridized carbons (Fsp3) is 0.190. The van der Waals surface area contributed by atoms with Gasteiger partial charge < -0.3 is 9.72 Å². The van der Waals surface area contributed by atoms with Gasteiger partial charge in [0.15, 0.2) is 5.65 Å². The van der Waals surface area contributed by atoms with E-state index < -0.39 is 0 Å². The van der Waals surface area contributed by atoms with E-state index in [1.165, 1.54) is 0 Å². The molecule has 27 heavy (non-hydrogen) atoms. The molecule has 0 aliphatic heterocycles. The van der Waals surface area contributed by atoms with Crippen LogP contribution in [-0.4, -0.2) is 26.4 Å². The molecule has 0 bridgehead atoms. The summed E-state index contributed by atoms with van der Waals surface area (Å²) in [4.78, 5) is 29.4. The van der Waals surface area contributed by atoms with E-state index in [0.29, 0.717) is 29.8 Å². The molecule has 0 aliphatic rings.